The summed E-state index contributed by atoms with van der Waals surface area (Å²) in [6.07, 6.45) is 6.08. The summed E-state index contributed by atoms with van der Waals surface area (Å²) in [4.78, 5) is 27.9. The van der Waals surface area contributed by atoms with Crippen molar-refractivity contribution in [3.05, 3.63) is 89.1 Å². The summed E-state index contributed by atoms with van der Waals surface area (Å²) in [6.45, 7) is 6.17. The molecule has 6 rings (SSSR count). The first-order valence-electron chi connectivity index (χ1n) is 13.3. The quantitative estimate of drug-likeness (QED) is 0.341. The van der Waals surface area contributed by atoms with Crippen molar-refractivity contribution in [2.24, 2.45) is 0 Å². The Labute approximate surface area is 226 Å². The number of imidazole rings is 1. The molecule has 5 heterocycles. The molecule has 2 aliphatic rings. The number of aromatic carboxylic acids is 1. The van der Waals surface area contributed by atoms with Crippen LogP contribution in [0.5, 0.6) is 5.88 Å². The normalized spacial score (nSPS) is 17.6. The lowest BCUT2D eigenvalue weighted by Gasteiger charge is -2.29. The number of carboxylic acids is 1. The average Bonchev–Trinajstić information content (AvgIpc) is 3.26. The van der Waals surface area contributed by atoms with Gasteiger partial charge in [0.2, 0.25) is 5.88 Å². The number of fused-ring (bicyclic) bond motifs is 1. The minimum Gasteiger partial charge on any atom is -0.478 e. The van der Waals surface area contributed by atoms with Crippen LogP contribution in [0, 0.1) is 6.92 Å². The van der Waals surface area contributed by atoms with E-state index >= 15 is 0 Å². The minimum atomic E-state index is -0.935. The third-order valence-corrected chi connectivity index (χ3v) is 7.31. The first kappa shape index (κ1) is 25.2. The number of benzene rings is 1. The molecule has 0 amide bonds. The topological polar surface area (TPSA) is 103 Å². The highest BCUT2D eigenvalue weighted by Crippen LogP contribution is 2.26. The molecule has 9 heteroatoms. The van der Waals surface area contributed by atoms with Crippen LogP contribution in [0.25, 0.3) is 16.6 Å². The van der Waals surface area contributed by atoms with Gasteiger partial charge in [0.05, 0.1) is 47.2 Å². The van der Waals surface area contributed by atoms with Gasteiger partial charge >= 0.3 is 5.97 Å². The molecule has 1 fully saturated rings. The van der Waals surface area contributed by atoms with Crippen molar-refractivity contribution in [3.63, 3.8) is 0 Å². The zero-order valence-corrected chi connectivity index (χ0v) is 21.9. The van der Waals surface area contributed by atoms with E-state index in [4.69, 9.17) is 19.4 Å². The van der Waals surface area contributed by atoms with Crippen LogP contribution >= 0.6 is 0 Å². The van der Waals surface area contributed by atoms with Crippen molar-refractivity contribution in [1.82, 2.24) is 24.4 Å². The molecule has 0 radical (unpaired) electrons. The molecular formula is C30H31N5O4. The highest BCUT2D eigenvalue weighted by Gasteiger charge is 2.24. The zero-order valence-electron chi connectivity index (χ0n) is 21.9. The molecule has 3 aromatic heterocycles. The summed E-state index contributed by atoms with van der Waals surface area (Å²) in [5.41, 5.74) is 6.04. The summed E-state index contributed by atoms with van der Waals surface area (Å²) in [7, 11) is 0. The molecule has 0 saturated carbocycles. The molecule has 1 saturated heterocycles. The van der Waals surface area contributed by atoms with Crippen LogP contribution in [0.2, 0.25) is 0 Å². The molecule has 200 valence electrons. The Bertz CT molecular complexity index is 1520. The lowest BCUT2D eigenvalue weighted by atomic mass is 10.0. The Morgan fingerprint density at radius 3 is 2.79 bits per heavy atom. The molecule has 1 N–H and O–H groups in total. The van der Waals surface area contributed by atoms with Gasteiger partial charge in [0.25, 0.3) is 0 Å². The lowest BCUT2D eigenvalue weighted by Crippen LogP contribution is -2.33. The van der Waals surface area contributed by atoms with Crippen LogP contribution in [0.3, 0.4) is 0 Å². The van der Waals surface area contributed by atoms with E-state index in [0.29, 0.717) is 25.6 Å². The van der Waals surface area contributed by atoms with Crippen LogP contribution in [-0.4, -0.2) is 61.3 Å². The molecular weight excluding hydrogens is 494 g/mol. The standard InChI is InChI=1S/C30H31N5O4/c1-20-5-7-23(31-16-20)19-39-29-4-2-3-25(33-29)21-9-12-34(13-10-21)18-28-32-26-8-6-22(30(36)37)15-27(26)35(28)17-24-11-14-38-24/h2-9,15-16,24H,10-14,17-19H2,1H3,(H,36,37)/t24-/m0/s1. The second kappa shape index (κ2) is 11.0. The maximum atomic E-state index is 11.6. The summed E-state index contributed by atoms with van der Waals surface area (Å²) in [6, 6.07) is 15.0. The fourth-order valence-corrected chi connectivity index (χ4v) is 4.96. The van der Waals surface area contributed by atoms with Crippen LogP contribution in [0.15, 0.2) is 60.8 Å². The molecule has 1 atom stereocenters. The lowest BCUT2D eigenvalue weighted by molar-refractivity contribution is -0.0591. The number of hydrogen-bond donors (Lipinski definition) is 1. The van der Waals surface area contributed by atoms with Gasteiger partial charge in [0.15, 0.2) is 0 Å². The Morgan fingerprint density at radius 1 is 1.18 bits per heavy atom. The first-order chi connectivity index (χ1) is 19.0. The maximum Gasteiger partial charge on any atom is 0.335 e. The number of pyridine rings is 2. The SMILES string of the molecule is Cc1ccc(COc2cccc(C3=CCN(Cc4nc5ccc(C(=O)O)cc5n4C[C@@H]4CCO4)CC3)n2)nc1. The fourth-order valence-electron chi connectivity index (χ4n) is 4.96. The van der Waals surface area contributed by atoms with E-state index in [1.807, 2.05) is 43.5 Å². The van der Waals surface area contributed by atoms with Gasteiger partial charge in [0.1, 0.15) is 12.4 Å². The van der Waals surface area contributed by atoms with Gasteiger partial charge in [-0.2, -0.15) is 0 Å². The summed E-state index contributed by atoms with van der Waals surface area (Å²) in [5.74, 6) is 0.582. The van der Waals surface area contributed by atoms with Gasteiger partial charge < -0.3 is 19.1 Å². The second-order valence-electron chi connectivity index (χ2n) is 10.1. The average molecular weight is 526 g/mol. The monoisotopic (exact) mass is 525 g/mol. The molecule has 0 aliphatic carbocycles. The molecule has 0 bridgehead atoms. The highest BCUT2D eigenvalue weighted by molar-refractivity contribution is 5.92. The van der Waals surface area contributed by atoms with Gasteiger partial charge in [-0.1, -0.05) is 18.2 Å². The number of rotatable bonds is 9. The van der Waals surface area contributed by atoms with Crippen molar-refractivity contribution in [2.45, 2.75) is 45.6 Å². The van der Waals surface area contributed by atoms with Crippen molar-refractivity contribution in [3.8, 4) is 5.88 Å². The molecule has 0 unspecified atom stereocenters. The van der Waals surface area contributed by atoms with E-state index in [2.05, 4.69) is 20.5 Å². The first-order valence-corrected chi connectivity index (χ1v) is 13.3. The second-order valence-corrected chi connectivity index (χ2v) is 10.1. The Kier molecular flexibility index (Phi) is 7.08. The maximum absolute atomic E-state index is 11.6. The molecule has 39 heavy (non-hydrogen) atoms. The van der Waals surface area contributed by atoms with E-state index in [1.165, 1.54) is 5.57 Å². The van der Waals surface area contributed by atoms with E-state index in [9.17, 15) is 9.90 Å². The van der Waals surface area contributed by atoms with Crippen molar-refractivity contribution in [1.29, 1.82) is 0 Å². The van der Waals surface area contributed by atoms with Gasteiger partial charge in [-0.15, -0.1) is 0 Å². The third-order valence-electron chi connectivity index (χ3n) is 7.31. The van der Waals surface area contributed by atoms with E-state index in [0.717, 1.165) is 66.3 Å². The summed E-state index contributed by atoms with van der Waals surface area (Å²) in [5, 5.41) is 9.48. The number of nitrogens with zero attached hydrogens (tertiary/aromatic N) is 5. The van der Waals surface area contributed by atoms with Crippen LogP contribution < -0.4 is 4.74 Å². The molecule has 0 spiro atoms. The smallest absolute Gasteiger partial charge is 0.335 e. The third kappa shape index (κ3) is 5.69. The Hall–Kier alpha value is -4.08. The number of aryl methyl sites for hydroxylation is 1. The van der Waals surface area contributed by atoms with Crippen molar-refractivity contribution in [2.75, 3.05) is 19.7 Å². The van der Waals surface area contributed by atoms with E-state index in [1.54, 1.807) is 18.2 Å². The Morgan fingerprint density at radius 2 is 2.08 bits per heavy atom. The van der Waals surface area contributed by atoms with Gasteiger partial charge in [0, 0.05) is 32.0 Å². The minimum absolute atomic E-state index is 0.143. The molecule has 4 aromatic rings. The number of aromatic nitrogens is 4. The number of carbonyl (C=O) groups is 1. The predicted molar refractivity (Wildman–Crippen MR) is 146 cm³/mol. The summed E-state index contributed by atoms with van der Waals surface area (Å²) >= 11 is 0. The zero-order chi connectivity index (χ0) is 26.8. The highest BCUT2D eigenvalue weighted by atomic mass is 16.5. The van der Waals surface area contributed by atoms with Gasteiger partial charge in [-0.25, -0.2) is 14.8 Å². The molecule has 2 aliphatic heterocycles. The van der Waals surface area contributed by atoms with Crippen LogP contribution in [-0.2, 0) is 24.4 Å². The number of carboxylic acid groups (broad SMARTS) is 1. The number of hydrogen-bond acceptors (Lipinski definition) is 7. The number of ether oxygens (including phenoxy) is 2. The van der Waals surface area contributed by atoms with Crippen molar-refractivity contribution >= 4 is 22.6 Å². The van der Waals surface area contributed by atoms with E-state index in [-0.39, 0.29) is 11.7 Å². The van der Waals surface area contributed by atoms with E-state index < -0.39 is 5.97 Å². The molecule has 9 nitrogen and oxygen atoms in total. The summed E-state index contributed by atoms with van der Waals surface area (Å²) < 4.78 is 13.7. The van der Waals surface area contributed by atoms with Gasteiger partial charge in [-0.3, -0.25) is 9.88 Å². The van der Waals surface area contributed by atoms with Crippen LogP contribution in [0.1, 0.15) is 46.0 Å². The largest absolute Gasteiger partial charge is 0.478 e. The Balaban J connectivity index is 1.15. The van der Waals surface area contributed by atoms with Crippen molar-refractivity contribution < 1.29 is 19.4 Å². The fraction of sp³-hybridized carbons (Fsp3) is 0.333. The van der Waals surface area contributed by atoms with Crippen LogP contribution in [0.4, 0.5) is 0 Å². The predicted octanol–water partition coefficient (Wildman–Crippen LogP) is 4.49. The van der Waals surface area contributed by atoms with Gasteiger partial charge in [-0.05, 0) is 61.2 Å². The molecule has 1 aromatic carbocycles.